The van der Waals surface area contributed by atoms with Crippen molar-refractivity contribution in [3.05, 3.63) is 49.1 Å². The number of hydrogen-bond donors (Lipinski definition) is 2. The Morgan fingerprint density at radius 2 is 2.14 bits per heavy atom. The van der Waals surface area contributed by atoms with Crippen LogP contribution >= 0.6 is 34.4 Å². The highest BCUT2D eigenvalue weighted by Crippen LogP contribution is 2.35. The Labute approximate surface area is 172 Å². The first-order valence-electron chi connectivity index (χ1n) is 8.92. The van der Waals surface area contributed by atoms with Gasteiger partial charge in [-0.25, -0.2) is 14.9 Å². The monoisotopic (exact) mass is 433 g/mol. The van der Waals surface area contributed by atoms with Crippen LogP contribution in [0.25, 0.3) is 20.7 Å². The molecule has 0 saturated heterocycles. The van der Waals surface area contributed by atoms with Gasteiger partial charge in [0, 0.05) is 27.2 Å². The second-order valence-corrected chi connectivity index (χ2v) is 9.45. The number of hydrogen-bond acceptors (Lipinski definition) is 7. The second-order valence-electron chi connectivity index (χ2n) is 6.36. The predicted molar refractivity (Wildman–Crippen MR) is 116 cm³/mol. The Kier molecular flexibility index (Phi) is 5.51. The lowest BCUT2D eigenvalue weighted by atomic mass is 10.2. The van der Waals surface area contributed by atoms with Crippen LogP contribution in [0.3, 0.4) is 0 Å². The van der Waals surface area contributed by atoms with Gasteiger partial charge >= 0.3 is 5.69 Å². The fraction of sp³-hybridized carbons (Fsp3) is 0.333. The second kappa shape index (κ2) is 8.06. The molecule has 28 heavy (non-hydrogen) atoms. The highest BCUT2D eigenvalue weighted by atomic mass is 32.2. The summed E-state index contributed by atoms with van der Waals surface area (Å²) < 4.78 is 1.63. The molecule has 10 heteroatoms. The molecule has 7 nitrogen and oxygen atoms in total. The molecule has 4 aromatic rings. The lowest BCUT2D eigenvalue weighted by Gasteiger charge is -2.04. The molecule has 0 radical (unpaired) electrons. The van der Waals surface area contributed by atoms with E-state index in [-0.39, 0.29) is 11.2 Å². The molecule has 0 saturated carbocycles. The van der Waals surface area contributed by atoms with Crippen LogP contribution in [0, 0.1) is 6.92 Å². The first-order valence-corrected chi connectivity index (χ1v) is 11.6. The zero-order valence-corrected chi connectivity index (χ0v) is 17.9. The van der Waals surface area contributed by atoms with Crippen LogP contribution in [0.15, 0.2) is 32.3 Å². The van der Waals surface area contributed by atoms with Crippen molar-refractivity contribution in [1.29, 1.82) is 0 Å². The van der Waals surface area contributed by atoms with Crippen LogP contribution in [0.1, 0.15) is 30.5 Å². The number of unbranched alkanes of at least 4 members (excludes halogenated alkanes) is 1. The predicted octanol–water partition coefficient (Wildman–Crippen LogP) is 4.00. The van der Waals surface area contributed by atoms with Crippen molar-refractivity contribution in [3.63, 3.8) is 0 Å². The van der Waals surface area contributed by atoms with Crippen LogP contribution < -0.4 is 11.2 Å². The zero-order chi connectivity index (χ0) is 19.7. The van der Waals surface area contributed by atoms with E-state index in [1.165, 1.54) is 28.0 Å². The molecular weight excluding hydrogens is 414 g/mol. The number of H-pyrrole nitrogens is 2. The number of thiophene rings is 2. The molecule has 146 valence electrons. The van der Waals surface area contributed by atoms with Crippen LogP contribution in [0.4, 0.5) is 0 Å². The molecule has 4 heterocycles. The summed E-state index contributed by atoms with van der Waals surface area (Å²) in [4.78, 5) is 35.1. The molecule has 4 rings (SSSR count). The number of nitrogens with one attached hydrogen (secondary N) is 2. The Morgan fingerprint density at radius 1 is 1.29 bits per heavy atom. The van der Waals surface area contributed by atoms with E-state index in [1.807, 2.05) is 11.4 Å². The van der Waals surface area contributed by atoms with Gasteiger partial charge in [-0.2, -0.15) is 0 Å². The maximum atomic E-state index is 12.7. The van der Waals surface area contributed by atoms with Crippen molar-refractivity contribution >= 4 is 44.7 Å². The highest BCUT2D eigenvalue weighted by molar-refractivity contribution is 7.98. The van der Waals surface area contributed by atoms with E-state index in [4.69, 9.17) is 0 Å². The molecule has 0 fully saturated rings. The van der Waals surface area contributed by atoms with E-state index >= 15 is 0 Å². The van der Waals surface area contributed by atoms with E-state index in [1.54, 1.807) is 15.9 Å². The van der Waals surface area contributed by atoms with Crippen molar-refractivity contribution in [1.82, 2.24) is 24.7 Å². The SMILES string of the molecule is CCCCn1c(SCc2nc3scc(-c4ccc(C)s4)c3c(=O)[nH]2)n[nH]c1=O. The summed E-state index contributed by atoms with van der Waals surface area (Å²) in [5, 5.41) is 9.82. The van der Waals surface area contributed by atoms with Crippen molar-refractivity contribution in [2.24, 2.45) is 0 Å². The third kappa shape index (κ3) is 3.71. The van der Waals surface area contributed by atoms with Gasteiger partial charge in [-0.3, -0.25) is 9.36 Å². The van der Waals surface area contributed by atoms with Gasteiger partial charge in [-0.05, 0) is 25.5 Å². The Hall–Kier alpha value is -2.17. The standard InChI is InChI=1S/C18H19N5O2S3/c1-3-4-7-23-17(25)21-22-18(23)27-9-13-19-15(24)14-11(8-26-16(14)20-13)12-6-5-10(2)28-12/h5-6,8H,3-4,7,9H2,1-2H3,(H,21,25)(H,19,20,24). The molecule has 2 N–H and O–H groups in total. The van der Waals surface area contributed by atoms with Crippen LogP contribution in [0.2, 0.25) is 0 Å². The Morgan fingerprint density at radius 3 is 2.89 bits per heavy atom. The molecule has 0 aromatic carbocycles. The summed E-state index contributed by atoms with van der Waals surface area (Å²) in [5.41, 5.74) is 0.599. The fourth-order valence-corrected chi connectivity index (χ4v) is 5.65. The fourth-order valence-electron chi connectivity index (χ4n) is 2.88. The zero-order valence-electron chi connectivity index (χ0n) is 15.4. The Balaban J connectivity index is 1.60. The largest absolute Gasteiger partial charge is 0.343 e. The van der Waals surface area contributed by atoms with Crippen molar-refractivity contribution < 1.29 is 0 Å². The van der Waals surface area contributed by atoms with E-state index in [2.05, 4.69) is 40.1 Å². The number of aromatic amines is 2. The van der Waals surface area contributed by atoms with Crippen molar-refractivity contribution in [3.8, 4) is 10.4 Å². The highest BCUT2D eigenvalue weighted by Gasteiger charge is 2.15. The van der Waals surface area contributed by atoms with E-state index in [9.17, 15) is 9.59 Å². The lowest BCUT2D eigenvalue weighted by molar-refractivity contribution is 0.573. The molecule has 0 aliphatic heterocycles. The molecule has 0 aliphatic rings. The number of fused-ring (bicyclic) bond motifs is 1. The summed E-state index contributed by atoms with van der Waals surface area (Å²) in [6.07, 6.45) is 1.91. The van der Waals surface area contributed by atoms with Crippen LogP contribution in [0.5, 0.6) is 0 Å². The van der Waals surface area contributed by atoms with Crippen LogP contribution in [-0.2, 0) is 12.3 Å². The molecule has 0 aliphatic carbocycles. The number of rotatable bonds is 7. The normalized spacial score (nSPS) is 11.5. The van der Waals surface area contributed by atoms with Crippen LogP contribution in [-0.4, -0.2) is 24.7 Å². The first kappa shape index (κ1) is 19.2. The van der Waals surface area contributed by atoms with Crippen molar-refractivity contribution in [2.45, 2.75) is 44.1 Å². The van der Waals surface area contributed by atoms with E-state index in [0.29, 0.717) is 28.7 Å². The molecule has 4 aromatic heterocycles. The minimum absolute atomic E-state index is 0.131. The number of aromatic nitrogens is 5. The summed E-state index contributed by atoms with van der Waals surface area (Å²) in [7, 11) is 0. The summed E-state index contributed by atoms with van der Waals surface area (Å²) in [6, 6.07) is 4.09. The van der Waals surface area contributed by atoms with E-state index < -0.39 is 0 Å². The minimum atomic E-state index is -0.206. The lowest BCUT2D eigenvalue weighted by Crippen LogP contribution is -2.17. The Bertz CT molecular complexity index is 1230. The molecule has 0 unspecified atom stereocenters. The van der Waals surface area contributed by atoms with Gasteiger partial charge in [0.2, 0.25) is 0 Å². The van der Waals surface area contributed by atoms with Gasteiger partial charge in [0.1, 0.15) is 10.7 Å². The quantitative estimate of drug-likeness (QED) is 0.430. The molecule has 0 spiro atoms. The average Bonchev–Trinajstić information content (AvgIpc) is 3.37. The van der Waals surface area contributed by atoms with Gasteiger partial charge in [0.05, 0.1) is 11.1 Å². The van der Waals surface area contributed by atoms with Gasteiger partial charge in [-0.15, -0.1) is 27.8 Å². The third-order valence-corrected chi connectivity index (χ3v) is 7.19. The van der Waals surface area contributed by atoms with Gasteiger partial charge in [-0.1, -0.05) is 25.1 Å². The topological polar surface area (TPSA) is 96.4 Å². The average molecular weight is 434 g/mol. The molecule has 0 atom stereocenters. The van der Waals surface area contributed by atoms with Gasteiger partial charge in [0.15, 0.2) is 5.16 Å². The number of aryl methyl sites for hydroxylation is 1. The molecule has 0 bridgehead atoms. The van der Waals surface area contributed by atoms with E-state index in [0.717, 1.165) is 28.1 Å². The summed E-state index contributed by atoms with van der Waals surface area (Å²) >= 11 is 4.53. The summed E-state index contributed by atoms with van der Waals surface area (Å²) in [5.74, 6) is 1.02. The number of thioether (sulfide) groups is 1. The van der Waals surface area contributed by atoms with Gasteiger partial charge in [0.25, 0.3) is 5.56 Å². The molecular formula is C18H19N5O2S3. The van der Waals surface area contributed by atoms with Gasteiger partial charge < -0.3 is 4.98 Å². The summed E-state index contributed by atoms with van der Waals surface area (Å²) in [6.45, 7) is 4.76. The molecule has 0 amide bonds. The maximum absolute atomic E-state index is 12.7. The maximum Gasteiger partial charge on any atom is 0.343 e. The smallest absolute Gasteiger partial charge is 0.309 e. The van der Waals surface area contributed by atoms with Crippen molar-refractivity contribution in [2.75, 3.05) is 0 Å². The number of nitrogens with zero attached hydrogens (tertiary/aromatic N) is 3. The third-order valence-electron chi connectivity index (χ3n) is 4.30. The first-order chi connectivity index (χ1) is 13.6. The minimum Gasteiger partial charge on any atom is -0.309 e.